The van der Waals surface area contributed by atoms with Gasteiger partial charge in [-0.3, -0.25) is 0 Å². The zero-order valence-electron chi connectivity index (χ0n) is 12.2. The first-order valence-corrected chi connectivity index (χ1v) is 8.26. The topological polar surface area (TPSA) is 47.0 Å². The Hall–Kier alpha value is -0.970. The molecule has 5 heteroatoms. The summed E-state index contributed by atoms with van der Waals surface area (Å²) in [5, 5.41) is 3.76. The van der Waals surface area contributed by atoms with Gasteiger partial charge in [0.1, 0.15) is 5.82 Å². The molecular formula is C14H25N3OS. The van der Waals surface area contributed by atoms with Crippen molar-refractivity contribution in [3.05, 3.63) is 6.07 Å². The van der Waals surface area contributed by atoms with Crippen LogP contribution in [0.3, 0.4) is 0 Å². The van der Waals surface area contributed by atoms with Crippen LogP contribution in [-0.4, -0.2) is 29.9 Å². The van der Waals surface area contributed by atoms with E-state index in [1.165, 1.54) is 43.9 Å². The van der Waals surface area contributed by atoms with E-state index in [0.717, 1.165) is 24.0 Å². The number of aromatic nitrogens is 2. The number of anilines is 1. The zero-order chi connectivity index (χ0) is 13.9. The molecule has 0 unspecified atom stereocenters. The van der Waals surface area contributed by atoms with E-state index in [9.17, 15) is 0 Å². The summed E-state index contributed by atoms with van der Waals surface area (Å²) in [5.41, 5.74) is 0. The molecule has 0 fully saturated rings. The van der Waals surface area contributed by atoms with Crippen molar-refractivity contribution in [1.29, 1.82) is 0 Å². The molecule has 0 amide bonds. The molecule has 0 radical (unpaired) electrons. The van der Waals surface area contributed by atoms with Crippen LogP contribution in [0.15, 0.2) is 11.2 Å². The lowest BCUT2D eigenvalue weighted by Crippen LogP contribution is -2.02. The van der Waals surface area contributed by atoms with Gasteiger partial charge in [0.2, 0.25) is 5.88 Å². The standard InChI is InChI=1S/C14H25N3OS/c1-4-5-6-7-8-9-10-18-13-11-12(15-2)16-14(17-13)19-3/h11H,4-10H2,1-3H3,(H,15,16,17). The lowest BCUT2D eigenvalue weighted by molar-refractivity contribution is 0.290. The molecule has 1 aromatic heterocycles. The van der Waals surface area contributed by atoms with E-state index >= 15 is 0 Å². The Morgan fingerprint density at radius 2 is 1.89 bits per heavy atom. The van der Waals surface area contributed by atoms with E-state index in [1.54, 1.807) is 0 Å². The fraction of sp³-hybridized carbons (Fsp3) is 0.714. The average Bonchev–Trinajstić information content (AvgIpc) is 2.45. The third-order valence-electron chi connectivity index (χ3n) is 2.87. The van der Waals surface area contributed by atoms with Gasteiger partial charge >= 0.3 is 0 Å². The molecule has 0 aliphatic heterocycles. The van der Waals surface area contributed by atoms with Gasteiger partial charge in [-0.25, -0.2) is 4.98 Å². The van der Waals surface area contributed by atoms with E-state index in [0.29, 0.717) is 5.88 Å². The highest BCUT2D eigenvalue weighted by atomic mass is 32.2. The number of hydrogen-bond donors (Lipinski definition) is 1. The van der Waals surface area contributed by atoms with Gasteiger partial charge in [-0.2, -0.15) is 4.98 Å². The second-order valence-electron chi connectivity index (χ2n) is 4.44. The van der Waals surface area contributed by atoms with Crippen LogP contribution >= 0.6 is 11.8 Å². The minimum Gasteiger partial charge on any atom is -0.478 e. The van der Waals surface area contributed by atoms with Gasteiger partial charge in [0.05, 0.1) is 6.61 Å². The van der Waals surface area contributed by atoms with Gasteiger partial charge in [0.25, 0.3) is 0 Å². The van der Waals surface area contributed by atoms with Gasteiger partial charge < -0.3 is 10.1 Å². The maximum absolute atomic E-state index is 5.69. The van der Waals surface area contributed by atoms with Crippen molar-refractivity contribution in [1.82, 2.24) is 9.97 Å². The fourth-order valence-electron chi connectivity index (χ4n) is 1.76. The molecule has 19 heavy (non-hydrogen) atoms. The lowest BCUT2D eigenvalue weighted by atomic mass is 10.1. The second kappa shape index (κ2) is 9.89. The largest absolute Gasteiger partial charge is 0.478 e. The summed E-state index contributed by atoms with van der Waals surface area (Å²) in [7, 11) is 1.85. The van der Waals surface area contributed by atoms with Crippen LogP contribution < -0.4 is 10.1 Å². The highest BCUT2D eigenvalue weighted by molar-refractivity contribution is 7.98. The number of hydrogen-bond acceptors (Lipinski definition) is 5. The van der Waals surface area contributed by atoms with E-state index in [-0.39, 0.29) is 0 Å². The Morgan fingerprint density at radius 1 is 1.16 bits per heavy atom. The van der Waals surface area contributed by atoms with Crippen molar-refractivity contribution < 1.29 is 4.74 Å². The predicted molar refractivity (Wildman–Crippen MR) is 82.2 cm³/mol. The molecule has 108 valence electrons. The smallest absolute Gasteiger partial charge is 0.219 e. The number of ether oxygens (including phenoxy) is 1. The number of nitrogens with one attached hydrogen (secondary N) is 1. The van der Waals surface area contributed by atoms with Crippen LogP contribution in [-0.2, 0) is 0 Å². The summed E-state index contributed by atoms with van der Waals surface area (Å²) in [4.78, 5) is 8.65. The SMILES string of the molecule is CCCCCCCCOc1cc(NC)nc(SC)n1. The van der Waals surface area contributed by atoms with Gasteiger partial charge in [-0.05, 0) is 12.7 Å². The van der Waals surface area contributed by atoms with Crippen LogP contribution in [0.5, 0.6) is 5.88 Å². The summed E-state index contributed by atoms with van der Waals surface area (Å²) in [6, 6.07) is 1.84. The Kier molecular flexibility index (Phi) is 8.38. The quantitative estimate of drug-likeness (QED) is 0.400. The molecule has 0 saturated heterocycles. The monoisotopic (exact) mass is 283 g/mol. The van der Waals surface area contributed by atoms with Gasteiger partial charge in [-0.1, -0.05) is 50.8 Å². The summed E-state index contributed by atoms with van der Waals surface area (Å²) >= 11 is 1.52. The Bertz CT molecular complexity index is 338. The highest BCUT2D eigenvalue weighted by Crippen LogP contribution is 2.18. The van der Waals surface area contributed by atoms with Crippen molar-refractivity contribution in [2.45, 2.75) is 50.6 Å². The molecule has 0 aromatic carbocycles. The third-order valence-corrected chi connectivity index (χ3v) is 3.42. The Balaban J connectivity index is 2.28. The number of unbranched alkanes of at least 4 members (excludes halogenated alkanes) is 5. The summed E-state index contributed by atoms with van der Waals surface area (Å²) in [6.45, 7) is 2.97. The molecule has 0 aliphatic rings. The van der Waals surface area contributed by atoms with Crippen LogP contribution in [0.1, 0.15) is 45.4 Å². The van der Waals surface area contributed by atoms with Crippen molar-refractivity contribution in [3.63, 3.8) is 0 Å². The van der Waals surface area contributed by atoms with Gasteiger partial charge in [-0.15, -0.1) is 0 Å². The molecule has 0 atom stereocenters. The molecular weight excluding hydrogens is 258 g/mol. The number of nitrogens with zero attached hydrogens (tertiary/aromatic N) is 2. The highest BCUT2D eigenvalue weighted by Gasteiger charge is 2.03. The fourth-order valence-corrected chi connectivity index (χ4v) is 2.13. The molecule has 0 spiro atoms. The summed E-state index contributed by atoms with van der Waals surface area (Å²) in [5.74, 6) is 1.47. The van der Waals surface area contributed by atoms with Crippen LogP contribution in [0, 0.1) is 0 Å². The van der Waals surface area contributed by atoms with E-state index in [1.807, 2.05) is 19.4 Å². The van der Waals surface area contributed by atoms with Crippen molar-refractivity contribution in [2.24, 2.45) is 0 Å². The summed E-state index contributed by atoms with van der Waals surface area (Å²) < 4.78 is 5.69. The summed E-state index contributed by atoms with van der Waals surface area (Å²) in [6.07, 6.45) is 9.57. The van der Waals surface area contributed by atoms with Gasteiger partial charge in [0, 0.05) is 13.1 Å². The predicted octanol–water partition coefficient (Wildman–Crippen LogP) is 3.98. The number of rotatable bonds is 10. The van der Waals surface area contributed by atoms with Crippen molar-refractivity contribution in [2.75, 3.05) is 25.2 Å². The second-order valence-corrected chi connectivity index (χ2v) is 5.22. The minimum absolute atomic E-state index is 0.664. The molecule has 0 saturated carbocycles. The average molecular weight is 283 g/mol. The van der Waals surface area contributed by atoms with Crippen LogP contribution in [0.4, 0.5) is 5.82 Å². The van der Waals surface area contributed by atoms with Crippen molar-refractivity contribution >= 4 is 17.6 Å². The normalized spacial score (nSPS) is 10.5. The van der Waals surface area contributed by atoms with E-state index in [4.69, 9.17) is 4.74 Å². The molecule has 0 aliphatic carbocycles. The molecule has 1 N–H and O–H groups in total. The van der Waals surface area contributed by atoms with Crippen LogP contribution in [0.25, 0.3) is 0 Å². The van der Waals surface area contributed by atoms with Gasteiger partial charge in [0.15, 0.2) is 5.16 Å². The third kappa shape index (κ3) is 6.66. The zero-order valence-corrected chi connectivity index (χ0v) is 13.1. The Labute approximate surface area is 120 Å². The molecule has 4 nitrogen and oxygen atoms in total. The first-order valence-electron chi connectivity index (χ1n) is 7.03. The first kappa shape index (κ1) is 16.1. The van der Waals surface area contributed by atoms with E-state index in [2.05, 4.69) is 22.2 Å². The maximum atomic E-state index is 5.69. The van der Waals surface area contributed by atoms with Crippen LogP contribution in [0.2, 0.25) is 0 Å². The maximum Gasteiger partial charge on any atom is 0.219 e. The molecule has 0 bridgehead atoms. The van der Waals surface area contributed by atoms with E-state index < -0.39 is 0 Å². The minimum atomic E-state index is 0.664. The molecule has 1 heterocycles. The Morgan fingerprint density at radius 3 is 2.58 bits per heavy atom. The number of thioether (sulfide) groups is 1. The molecule has 1 aromatic rings. The lowest BCUT2D eigenvalue weighted by Gasteiger charge is -2.08. The molecule has 1 rings (SSSR count). The first-order chi connectivity index (χ1) is 9.30. The van der Waals surface area contributed by atoms with Crippen molar-refractivity contribution in [3.8, 4) is 5.88 Å².